The lowest BCUT2D eigenvalue weighted by molar-refractivity contribution is 0.580. The molecule has 6 nitrogen and oxygen atoms in total. The van der Waals surface area contributed by atoms with E-state index in [1.807, 2.05) is 42.8 Å². The van der Waals surface area contributed by atoms with E-state index in [0.717, 1.165) is 5.39 Å². The van der Waals surface area contributed by atoms with Crippen LogP contribution in [0.4, 0.5) is 5.95 Å². The Morgan fingerprint density at radius 2 is 1.88 bits per heavy atom. The number of nitrogen functional groups attached to an aromatic ring is 1. The molecule has 0 saturated heterocycles. The van der Waals surface area contributed by atoms with Crippen molar-refractivity contribution >= 4 is 17.0 Å². The minimum atomic E-state index is 0.204. The highest BCUT2D eigenvalue weighted by molar-refractivity contribution is 5.89. The quantitative estimate of drug-likeness (QED) is 0.610. The van der Waals surface area contributed by atoms with Crippen LogP contribution in [0.5, 0.6) is 0 Å². The molecular formula is C19H21N5O. The molecule has 0 aliphatic rings. The Bertz CT molecular complexity index is 973. The van der Waals surface area contributed by atoms with Crippen molar-refractivity contribution in [1.82, 2.24) is 19.7 Å². The van der Waals surface area contributed by atoms with E-state index in [4.69, 9.17) is 10.2 Å². The molecule has 6 heteroatoms. The van der Waals surface area contributed by atoms with Crippen LogP contribution in [-0.4, -0.2) is 19.7 Å². The molecule has 0 atom stereocenters. The summed E-state index contributed by atoms with van der Waals surface area (Å²) in [6, 6.07) is 11.9. The first-order valence-electron chi connectivity index (χ1n) is 8.30. The smallest absolute Gasteiger partial charge is 0.222 e. The molecule has 128 valence electrons. The fraction of sp³-hybridized carbons (Fsp3) is 0.211. The topological polar surface area (TPSA) is 82.8 Å². The Labute approximate surface area is 146 Å². The summed E-state index contributed by atoms with van der Waals surface area (Å²) in [7, 11) is 0. The van der Waals surface area contributed by atoms with E-state index in [1.165, 1.54) is 11.1 Å². The summed E-state index contributed by atoms with van der Waals surface area (Å²) in [4.78, 5) is 8.66. The van der Waals surface area contributed by atoms with Gasteiger partial charge in [-0.2, -0.15) is 10.1 Å². The number of aryl methyl sites for hydroxylation is 1. The monoisotopic (exact) mass is 335 g/mol. The Morgan fingerprint density at radius 3 is 2.60 bits per heavy atom. The van der Waals surface area contributed by atoms with Gasteiger partial charge in [0.1, 0.15) is 5.69 Å². The molecule has 4 rings (SSSR count). The van der Waals surface area contributed by atoms with E-state index in [-0.39, 0.29) is 5.95 Å². The standard InChI is InChI=1S/C17H15N5O.C2H6/c1-11-5-2-3-6-12(11)10-22-16-13(9-19-22)15(20-17(18)21-16)14-7-4-8-23-14;1-2/h2-9H,10H2,1H3,(H2,18,20,21);1-2H3. The van der Waals surface area contributed by atoms with Gasteiger partial charge >= 0.3 is 0 Å². The first-order valence-corrected chi connectivity index (χ1v) is 8.30. The Kier molecular flexibility index (Phi) is 4.79. The largest absolute Gasteiger partial charge is 0.463 e. The van der Waals surface area contributed by atoms with Crippen molar-refractivity contribution in [2.24, 2.45) is 0 Å². The van der Waals surface area contributed by atoms with Gasteiger partial charge in [-0.05, 0) is 30.2 Å². The average Bonchev–Trinajstić information content (AvgIpc) is 3.29. The average molecular weight is 335 g/mol. The van der Waals surface area contributed by atoms with Crippen molar-refractivity contribution < 1.29 is 4.42 Å². The molecule has 0 aliphatic heterocycles. The first-order chi connectivity index (χ1) is 12.2. The summed E-state index contributed by atoms with van der Waals surface area (Å²) >= 11 is 0. The molecule has 3 aromatic heterocycles. The molecule has 0 radical (unpaired) electrons. The molecule has 3 heterocycles. The van der Waals surface area contributed by atoms with E-state index in [1.54, 1.807) is 12.5 Å². The molecule has 4 aromatic rings. The Balaban J connectivity index is 0.000000880. The lowest BCUT2D eigenvalue weighted by Gasteiger charge is -2.07. The normalized spacial score (nSPS) is 10.5. The number of benzene rings is 1. The van der Waals surface area contributed by atoms with E-state index in [9.17, 15) is 0 Å². The third-order valence-corrected chi connectivity index (χ3v) is 3.85. The van der Waals surface area contributed by atoms with Gasteiger partial charge in [0.05, 0.1) is 24.4 Å². The van der Waals surface area contributed by atoms with Crippen molar-refractivity contribution in [3.63, 3.8) is 0 Å². The maximum Gasteiger partial charge on any atom is 0.222 e. The zero-order valence-electron chi connectivity index (χ0n) is 14.6. The first kappa shape index (κ1) is 16.7. The fourth-order valence-electron chi connectivity index (χ4n) is 2.64. The van der Waals surface area contributed by atoms with Crippen LogP contribution >= 0.6 is 0 Å². The Morgan fingerprint density at radius 1 is 1.08 bits per heavy atom. The zero-order chi connectivity index (χ0) is 17.8. The maximum atomic E-state index is 5.88. The SMILES string of the molecule is CC.Cc1ccccc1Cn1ncc2c(-c3ccco3)nc(N)nc21. The number of hydrogen-bond acceptors (Lipinski definition) is 5. The number of hydrogen-bond donors (Lipinski definition) is 1. The third-order valence-electron chi connectivity index (χ3n) is 3.85. The summed E-state index contributed by atoms with van der Waals surface area (Å²) in [5, 5.41) is 5.28. The number of aromatic nitrogens is 4. The molecule has 0 aliphatic carbocycles. The molecular weight excluding hydrogens is 314 g/mol. The van der Waals surface area contributed by atoms with Crippen LogP contribution < -0.4 is 5.73 Å². The molecule has 2 N–H and O–H groups in total. The van der Waals surface area contributed by atoms with Gasteiger partial charge in [-0.3, -0.25) is 0 Å². The summed E-state index contributed by atoms with van der Waals surface area (Å²) in [6.45, 7) is 6.71. The molecule has 25 heavy (non-hydrogen) atoms. The van der Waals surface area contributed by atoms with Crippen LogP contribution in [0, 0.1) is 6.92 Å². The van der Waals surface area contributed by atoms with Gasteiger partial charge in [0.25, 0.3) is 0 Å². The van der Waals surface area contributed by atoms with Crippen LogP contribution in [-0.2, 0) is 6.54 Å². The van der Waals surface area contributed by atoms with E-state index >= 15 is 0 Å². The van der Waals surface area contributed by atoms with Crippen molar-refractivity contribution in [3.8, 4) is 11.5 Å². The summed E-state index contributed by atoms with van der Waals surface area (Å²) < 4.78 is 7.28. The van der Waals surface area contributed by atoms with E-state index < -0.39 is 0 Å². The highest BCUT2D eigenvalue weighted by atomic mass is 16.3. The maximum absolute atomic E-state index is 5.88. The second kappa shape index (κ2) is 7.17. The minimum absolute atomic E-state index is 0.204. The van der Waals surface area contributed by atoms with E-state index in [0.29, 0.717) is 23.6 Å². The van der Waals surface area contributed by atoms with Crippen molar-refractivity contribution in [1.29, 1.82) is 0 Å². The molecule has 0 fully saturated rings. The second-order valence-electron chi connectivity index (χ2n) is 5.37. The predicted octanol–water partition coefficient (Wildman–Crippen LogP) is 4.05. The minimum Gasteiger partial charge on any atom is -0.463 e. The lowest BCUT2D eigenvalue weighted by atomic mass is 10.1. The van der Waals surface area contributed by atoms with Gasteiger partial charge in [0, 0.05) is 0 Å². The molecule has 0 bridgehead atoms. The van der Waals surface area contributed by atoms with Gasteiger partial charge < -0.3 is 10.2 Å². The molecule has 0 spiro atoms. The molecule has 0 unspecified atom stereocenters. The van der Waals surface area contributed by atoms with Gasteiger partial charge in [0.2, 0.25) is 5.95 Å². The van der Waals surface area contributed by atoms with Gasteiger partial charge in [-0.25, -0.2) is 9.67 Å². The number of furan rings is 1. The van der Waals surface area contributed by atoms with Gasteiger partial charge in [-0.15, -0.1) is 0 Å². The van der Waals surface area contributed by atoms with Crippen LogP contribution in [0.15, 0.2) is 53.3 Å². The van der Waals surface area contributed by atoms with Gasteiger partial charge in [0.15, 0.2) is 11.4 Å². The third kappa shape index (κ3) is 3.24. The van der Waals surface area contributed by atoms with Crippen molar-refractivity contribution in [3.05, 3.63) is 60.0 Å². The summed E-state index contributed by atoms with van der Waals surface area (Å²) in [6.07, 6.45) is 3.36. The van der Waals surface area contributed by atoms with Crippen LogP contribution in [0.2, 0.25) is 0 Å². The Hall–Kier alpha value is -3.15. The van der Waals surface area contributed by atoms with E-state index in [2.05, 4.69) is 34.1 Å². The number of nitrogens with two attached hydrogens (primary N) is 1. The van der Waals surface area contributed by atoms with Crippen LogP contribution in [0.1, 0.15) is 25.0 Å². The number of rotatable bonds is 3. The van der Waals surface area contributed by atoms with Crippen LogP contribution in [0.25, 0.3) is 22.5 Å². The zero-order valence-corrected chi connectivity index (χ0v) is 14.6. The lowest BCUT2D eigenvalue weighted by Crippen LogP contribution is -2.06. The summed E-state index contributed by atoms with van der Waals surface area (Å²) in [5.41, 5.74) is 9.64. The van der Waals surface area contributed by atoms with Gasteiger partial charge in [-0.1, -0.05) is 38.1 Å². The molecule has 0 amide bonds. The van der Waals surface area contributed by atoms with Crippen molar-refractivity contribution in [2.75, 3.05) is 5.73 Å². The highest BCUT2D eigenvalue weighted by Gasteiger charge is 2.15. The fourth-order valence-corrected chi connectivity index (χ4v) is 2.64. The summed E-state index contributed by atoms with van der Waals surface area (Å²) in [5.74, 6) is 0.856. The predicted molar refractivity (Wildman–Crippen MR) is 99.1 cm³/mol. The number of anilines is 1. The highest BCUT2D eigenvalue weighted by Crippen LogP contribution is 2.27. The van der Waals surface area contributed by atoms with Crippen molar-refractivity contribution in [2.45, 2.75) is 27.3 Å². The van der Waals surface area contributed by atoms with Crippen LogP contribution in [0.3, 0.4) is 0 Å². The molecule has 1 aromatic carbocycles. The number of fused-ring (bicyclic) bond motifs is 1. The second-order valence-corrected chi connectivity index (χ2v) is 5.37. The molecule has 0 saturated carbocycles. The number of nitrogens with zero attached hydrogens (tertiary/aromatic N) is 4.